The number of fused-ring (bicyclic) bond motifs is 1. The van der Waals surface area contributed by atoms with Crippen molar-refractivity contribution in [2.24, 2.45) is 0 Å². The fraction of sp³-hybridized carbons (Fsp3) is 0.100. The maximum atomic E-state index is 12.5. The van der Waals surface area contributed by atoms with Gasteiger partial charge in [0.15, 0.2) is 5.11 Å². The molecule has 0 aliphatic rings. The van der Waals surface area contributed by atoms with Crippen molar-refractivity contribution in [1.82, 2.24) is 5.32 Å². The Kier molecular flexibility index (Phi) is 5.77. The molecule has 0 unspecified atom stereocenters. The van der Waals surface area contributed by atoms with Crippen molar-refractivity contribution in [2.45, 2.75) is 6.92 Å². The van der Waals surface area contributed by atoms with Crippen LogP contribution in [0.1, 0.15) is 17.3 Å². The van der Waals surface area contributed by atoms with E-state index in [0.29, 0.717) is 22.2 Å². The van der Waals surface area contributed by atoms with Gasteiger partial charge in [-0.2, -0.15) is 0 Å². The lowest BCUT2D eigenvalue weighted by atomic mass is 10.1. The second kappa shape index (κ2) is 8.04. The normalized spacial score (nSPS) is 10.6. The molecule has 0 heterocycles. The molecule has 0 bridgehead atoms. The molecule has 3 nitrogen and oxygen atoms in total. The molecule has 0 saturated heterocycles. The van der Waals surface area contributed by atoms with Gasteiger partial charge in [-0.15, -0.1) is 0 Å². The topological polar surface area (TPSA) is 32.3 Å². The van der Waals surface area contributed by atoms with Crippen molar-refractivity contribution in [1.29, 1.82) is 0 Å². The number of nitrogens with zero attached hydrogens (tertiary/aromatic N) is 1. The van der Waals surface area contributed by atoms with Gasteiger partial charge in [0.25, 0.3) is 5.91 Å². The number of benzene rings is 3. The van der Waals surface area contributed by atoms with Crippen molar-refractivity contribution in [3.8, 4) is 0 Å². The fourth-order valence-corrected chi connectivity index (χ4v) is 3.59. The van der Waals surface area contributed by atoms with Crippen LogP contribution in [-0.4, -0.2) is 17.6 Å². The summed E-state index contributed by atoms with van der Waals surface area (Å²) in [5.74, 6) is -0.365. The Hall–Kier alpha value is -2.14. The molecule has 6 heteroatoms. The molecule has 0 aliphatic heterocycles. The van der Waals surface area contributed by atoms with Crippen LogP contribution in [0, 0.1) is 0 Å². The number of halogens is 2. The summed E-state index contributed by atoms with van der Waals surface area (Å²) in [6, 6.07) is 18.8. The molecule has 0 atom stereocenters. The monoisotopic (exact) mass is 402 g/mol. The van der Waals surface area contributed by atoms with Gasteiger partial charge in [0, 0.05) is 17.0 Å². The van der Waals surface area contributed by atoms with Gasteiger partial charge in [-0.05, 0) is 48.8 Å². The Labute approximate surface area is 167 Å². The maximum Gasteiger partial charge on any atom is 0.258 e. The first-order valence-electron chi connectivity index (χ1n) is 8.07. The number of nitrogens with one attached hydrogen (secondary N) is 1. The molecule has 0 aromatic heterocycles. The van der Waals surface area contributed by atoms with E-state index in [1.807, 2.05) is 54.3 Å². The quantitative estimate of drug-likeness (QED) is 0.571. The Morgan fingerprint density at radius 1 is 1.08 bits per heavy atom. The first kappa shape index (κ1) is 18.6. The zero-order chi connectivity index (χ0) is 18.7. The molecule has 3 rings (SSSR count). The molecule has 3 aromatic rings. The summed E-state index contributed by atoms with van der Waals surface area (Å²) in [4.78, 5) is 14.4. The minimum absolute atomic E-state index is 0.283. The second-order valence-electron chi connectivity index (χ2n) is 5.63. The first-order valence-corrected chi connectivity index (χ1v) is 9.23. The summed E-state index contributed by atoms with van der Waals surface area (Å²) < 4.78 is 0. The summed E-state index contributed by atoms with van der Waals surface area (Å²) in [5, 5.41) is 6.01. The molecule has 1 amide bonds. The highest BCUT2D eigenvalue weighted by Crippen LogP contribution is 2.27. The van der Waals surface area contributed by atoms with Gasteiger partial charge in [0.1, 0.15) is 0 Å². The lowest BCUT2D eigenvalue weighted by Crippen LogP contribution is -2.43. The van der Waals surface area contributed by atoms with Gasteiger partial charge in [0.2, 0.25) is 0 Å². The highest BCUT2D eigenvalue weighted by atomic mass is 35.5. The van der Waals surface area contributed by atoms with Gasteiger partial charge in [-0.1, -0.05) is 59.6 Å². The van der Waals surface area contributed by atoms with E-state index in [9.17, 15) is 4.79 Å². The number of hydrogen-bond acceptors (Lipinski definition) is 2. The minimum atomic E-state index is -0.365. The molecule has 0 saturated carbocycles. The van der Waals surface area contributed by atoms with Crippen LogP contribution < -0.4 is 10.2 Å². The molecular formula is C20H16Cl2N2OS. The van der Waals surface area contributed by atoms with Crippen molar-refractivity contribution < 1.29 is 4.79 Å². The molecule has 0 spiro atoms. The summed E-state index contributed by atoms with van der Waals surface area (Å²) in [6.45, 7) is 2.59. The Bertz CT molecular complexity index is 985. The van der Waals surface area contributed by atoms with Crippen LogP contribution >= 0.6 is 35.4 Å². The zero-order valence-electron chi connectivity index (χ0n) is 14.0. The SMILES string of the molecule is CCN(C(=S)NC(=O)c1ccc(Cl)cc1Cl)c1cccc2ccccc12. The summed E-state index contributed by atoms with van der Waals surface area (Å²) in [6.07, 6.45) is 0. The predicted octanol–water partition coefficient (Wildman–Crippen LogP) is 5.69. The number of rotatable bonds is 3. The molecular weight excluding hydrogens is 387 g/mol. The van der Waals surface area contributed by atoms with Crippen LogP contribution in [0.5, 0.6) is 0 Å². The van der Waals surface area contributed by atoms with Crippen molar-refractivity contribution >= 4 is 62.9 Å². The third kappa shape index (κ3) is 3.83. The van der Waals surface area contributed by atoms with Crippen LogP contribution in [0.15, 0.2) is 60.7 Å². The summed E-state index contributed by atoms with van der Waals surface area (Å²) >= 11 is 17.5. The number of hydrogen-bond donors (Lipinski definition) is 1. The third-order valence-electron chi connectivity index (χ3n) is 4.02. The lowest BCUT2D eigenvalue weighted by Gasteiger charge is -2.25. The van der Waals surface area contributed by atoms with Crippen LogP contribution in [-0.2, 0) is 0 Å². The van der Waals surface area contributed by atoms with Gasteiger partial charge >= 0.3 is 0 Å². The zero-order valence-corrected chi connectivity index (χ0v) is 16.3. The van der Waals surface area contributed by atoms with Gasteiger partial charge in [-0.3, -0.25) is 10.1 Å². The van der Waals surface area contributed by atoms with Crippen molar-refractivity contribution in [3.63, 3.8) is 0 Å². The molecule has 0 radical (unpaired) electrons. The molecule has 26 heavy (non-hydrogen) atoms. The van der Waals surface area contributed by atoms with Gasteiger partial charge in [-0.25, -0.2) is 0 Å². The molecule has 132 valence electrons. The van der Waals surface area contributed by atoms with Crippen LogP contribution in [0.2, 0.25) is 10.0 Å². The predicted molar refractivity (Wildman–Crippen MR) is 113 cm³/mol. The highest BCUT2D eigenvalue weighted by Gasteiger charge is 2.17. The largest absolute Gasteiger partial charge is 0.318 e. The highest BCUT2D eigenvalue weighted by molar-refractivity contribution is 7.80. The number of carbonyl (C=O) groups excluding carboxylic acids is 1. The van der Waals surface area contributed by atoms with E-state index in [4.69, 9.17) is 35.4 Å². The molecule has 0 fully saturated rings. The first-order chi connectivity index (χ1) is 12.5. The van der Waals surface area contributed by atoms with E-state index in [1.54, 1.807) is 12.1 Å². The van der Waals surface area contributed by atoms with E-state index in [0.717, 1.165) is 16.5 Å². The van der Waals surface area contributed by atoms with Crippen LogP contribution in [0.25, 0.3) is 10.8 Å². The van der Waals surface area contributed by atoms with E-state index >= 15 is 0 Å². The average Bonchev–Trinajstić information content (AvgIpc) is 2.62. The third-order valence-corrected chi connectivity index (χ3v) is 4.89. The summed E-state index contributed by atoms with van der Waals surface area (Å²) in [5.41, 5.74) is 1.27. The van der Waals surface area contributed by atoms with E-state index in [-0.39, 0.29) is 10.9 Å². The van der Waals surface area contributed by atoms with E-state index < -0.39 is 0 Å². The number of anilines is 1. The van der Waals surface area contributed by atoms with E-state index in [2.05, 4.69) is 5.32 Å². The minimum Gasteiger partial charge on any atom is -0.318 e. The van der Waals surface area contributed by atoms with Crippen LogP contribution in [0.4, 0.5) is 5.69 Å². The van der Waals surface area contributed by atoms with Crippen LogP contribution in [0.3, 0.4) is 0 Å². The summed E-state index contributed by atoms with van der Waals surface area (Å²) in [7, 11) is 0. The van der Waals surface area contributed by atoms with Crippen molar-refractivity contribution in [2.75, 3.05) is 11.4 Å². The number of carbonyl (C=O) groups is 1. The van der Waals surface area contributed by atoms with Gasteiger partial charge in [0.05, 0.1) is 16.3 Å². The van der Waals surface area contributed by atoms with E-state index in [1.165, 1.54) is 6.07 Å². The number of thiocarbonyl (C=S) groups is 1. The standard InChI is InChI=1S/C20H16Cl2N2OS/c1-2-24(18-9-5-7-13-6-3-4-8-15(13)18)20(26)23-19(25)16-11-10-14(21)12-17(16)22/h3-12H,2H2,1H3,(H,23,25,26). The van der Waals surface area contributed by atoms with Crippen molar-refractivity contribution in [3.05, 3.63) is 76.3 Å². The lowest BCUT2D eigenvalue weighted by molar-refractivity contribution is 0.0977. The Morgan fingerprint density at radius 2 is 1.81 bits per heavy atom. The molecule has 3 aromatic carbocycles. The molecule has 1 N–H and O–H groups in total. The fourth-order valence-electron chi connectivity index (χ4n) is 2.77. The smallest absolute Gasteiger partial charge is 0.258 e. The second-order valence-corrected chi connectivity index (χ2v) is 6.86. The number of amides is 1. The Balaban J connectivity index is 1.88. The average molecular weight is 403 g/mol. The van der Waals surface area contributed by atoms with Gasteiger partial charge < -0.3 is 4.90 Å². The molecule has 0 aliphatic carbocycles. The Morgan fingerprint density at radius 3 is 2.54 bits per heavy atom. The maximum absolute atomic E-state index is 12.5.